The molecule has 15 rings (SSSR count). The van der Waals surface area contributed by atoms with Gasteiger partial charge in [0.05, 0.1) is 52.1 Å². The fourth-order valence-corrected chi connectivity index (χ4v) is 14.0. The van der Waals surface area contributed by atoms with Gasteiger partial charge in [0.25, 0.3) is 0 Å². The number of aromatic nitrogens is 3. The van der Waals surface area contributed by atoms with E-state index < -0.39 is 23.8 Å². The number of halogens is 4. The van der Waals surface area contributed by atoms with Crippen LogP contribution in [0.2, 0.25) is 20.1 Å². The summed E-state index contributed by atoms with van der Waals surface area (Å²) in [4.78, 5) is 70.3. The SMILES string of the molecule is CC(O)C(C)OO.CC1OOC2(CCC(=O)CC2)OC1C.CC1OOC2(CCC(NC3CCC(Nc4ccnc5cc(Cl)ccc45)CC3)CC2)OC1C.C[C@@H]1O[C@@H]1C.Clc1ccc2c(Cl)ccnc2c1.NC1CCC(N)CC1.NC1CCC(Nc2ccnc3cc(Cl)ccc23)CC1.O=C1CCC(=O)CC1.[2HH]. The van der Waals surface area contributed by atoms with Crippen molar-refractivity contribution >= 4 is 108 Å². The van der Waals surface area contributed by atoms with E-state index in [0.717, 1.165) is 131 Å². The van der Waals surface area contributed by atoms with E-state index in [1.807, 2.05) is 75.6 Å². The number of Topliss-reactive ketones (excluding diaryl/α,β-unsaturated/α-hetero) is 3. The van der Waals surface area contributed by atoms with Gasteiger partial charge < -0.3 is 52.5 Å². The molecule has 0 radical (unpaired) electrons. The van der Waals surface area contributed by atoms with Crippen LogP contribution < -0.4 is 33.2 Å². The molecule has 0 amide bonds. The van der Waals surface area contributed by atoms with Gasteiger partial charge in [-0.1, -0.05) is 46.4 Å². The summed E-state index contributed by atoms with van der Waals surface area (Å²) in [6, 6.07) is 26.5. The highest BCUT2D eigenvalue weighted by Gasteiger charge is 2.46. The van der Waals surface area contributed by atoms with E-state index in [4.69, 9.17) is 108 Å². The van der Waals surface area contributed by atoms with Crippen LogP contribution in [0.1, 0.15) is 211 Å². The number of carbonyl (C=O) groups is 3. The largest absolute Gasteiger partial charge is 0.391 e. The first-order chi connectivity index (χ1) is 50.2. The smallest absolute Gasteiger partial charge is 0.202 e. The lowest BCUT2D eigenvalue weighted by Gasteiger charge is -2.45. The molecular weight excluding hydrogens is 1420 g/mol. The molecule has 6 saturated carbocycles. The van der Waals surface area contributed by atoms with Crippen LogP contribution in [-0.2, 0) is 53.0 Å². The predicted molar refractivity (Wildman–Crippen MR) is 417 cm³/mol. The van der Waals surface area contributed by atoms with Crippen molar-refractivity contribution < 1.29 is 64.8 Å². The Morgan fingerprint density at radius 3 is 1.19 bits per heavy atom. The number of aliphatic hydroxyl groups excluding tert-OH is 1. The summed E-state index contributed by atoms with van der Waals surface area (Å²) in [5, 5.41) is 33.7. The van der Waals surface area contributed by atoms with Crippen LogP contribution in [0.4, 0.5) is 11.4 Å². The van der Waals surface area contributed by atoms with Gasteiger partial charge in [0, 0.05) is 169 Å². The molecule has 26 heteroatoms. The van der Waals surface area contributed by atoms with Crippen LogP contribution in [-0.4, -0.2) is 145 Å². The van der Waals surface area contributed by atoms with Gasteiger partial charge in [0.15, 0.2) is 0 Å². The Hall–Kier alpha value is -4.90. The molecule has 582 valence electrons. The summed E-state index contributed by atoms with van der Waals surface area (Å²) in [5.41, 5.74) is 22.2. The van der Waals surface area contributed by atoms with E-state index in [1.54, 1.807) is 38.2 Å². The van der Waals surface area contributed by atoms with E-state index in [9.17, 15) is 14.4 Å². The van der Waals surface area contributed by atoms with Crippen LogP contribution in [0, 0.1) is 0 Å². The number of benzene rings is 3. The highest BCUT2D eigenvalue weighted by molar-refractivity contribution is 6.36. The summed E-state index contributed by atoms with van der Waals surface area (Å²) in [6.07, 6.45) is 27.3. The highest BCUT2D eigenvalue weighted by Crippen LogP contribution is 2.40. The molecule has 3 aliphatic heterocycles. The fraction of sp³-hybridized carbons (Fsp3) is 0.620. The number of nitrogens with one attached hydrogen (secondary N) is 3. The number of nitrogens with two attached hydrogens (primary N) is 3. The lowest BCUT2D eigenvalue weighted by molar-refractivity contribution is -0.503. The van der Waals surface area contributed by atoms with Gasteiger partial charge in [-0.05, 0) is 218 Å². The van der Waals surface area contributed by atoms with Gasteiger partial charge >= 0.3 is 0 Å². The number of anilines is 2. The van der Waals surface area contributed by atoms with E-state index >= 15 is 0 Å². The van der Waals surface area contributed by atoms with Crippen molar-refractivity contribution in [2.24, 2.45) is 17.2 Å². The molecule has 105 heavy (non-hydrogen) atoms. The second kappa shape index (κ2) is 42.3. The third-order valence-corrected chi connectivity index (χ3v) is 22.0. The topological polar surface area (TPSA) is 322 Å². The van der Waals surface area contributed by atoms with E-state index in [0.29, 0.717) is 116 Å². The Morgan fingerprint density at radius 1 is 0.467 bits per heavy atom. The molecular formula is C79H115Cl4N9O13. The number of pyridine rings is 3. The summed E-state index contributed by atoms with van der Waals surface area (Å²) in [6.45, 7) is 15.2. The third kappa shape index (κ3) is 28.2. The maximum Gasteiger partial charge on any atom is 0.202 e. The summed E-state index contributed by atoms with van der Waals surface area (Å²) < 4.78 is 16.9. The molecule has 11 N–H and O–H groups in total. The van der Waals surface area contributed by atoms with Crippen molar-refractivity contribution in [1.29, 1.82) is 0 Å². The number of aliphatic hydroxyl groups is 1. The van der Waals surface area contributed by atoms with Crippen LogP contribution >= 0.6 is 46.4 Å². The zero-order valence-electron chi connectivity index (χ0n) is 62.3. The maximum atomic E-state index is 11.1. The first-order valence-electron chi connectivity index (χ1n) is 37.7. The molecule has 2 spiro atoms. The second-order valence-electron chi connectivity index (χ2n) is 29.5. The van der Waals surface area contributed by atoms with Crippen molar-refractivity contribution in [2.75, 3.05) is 10.6 Å². The zero-order chi connectivity index (χ0) is 75.8. The number of epoxide rings is 1. The Bertz CT molecular complexity index is 3620. The number of nitrogens with zero attached hydrogens (tertiary/aromatic N) is 3. The number of ketones is 3. The van der Waals surface area contributed by atoms with Crippen LogP contribution in [0.5, 0.6) is 0 Å². The molecule has 6 aliphatic carbocycles. The molecule has 3 aromatic heterocycles. The van der Waals surface area contributed by atoms with Gasteiger partial charge in [-0.3, -0.25) is 34.6 Å². The van der Waals surface area contributed by atoms with Gasteiger partial charge in [-0.2, -0.15) is 0 Å². The predicted octanol–water partition coefficient (Wildman–Crippen LogP) is 16.5. The molecule has 6 aromatic rings. The number of ether oxygens (including phenoxy) is 3. The van der Waals surface area contributed by atoms with Crippen molar-refractivity contribution in [3.8, 4) is 0 Å². The normalized spacial score (nSPS) is 29.6. The first kappa shape index (κ1) is 85.7. The Morgan fingerprint density at radius 2 is 0.810 bits per heavy atom. The second-order valence-corrected chi connectivity index (χ2v) is 31.2. The van der Waals surface area contributed by atoms with E-state index in [1.165, 1.54) is 25.7 Å². The minimum Gasteiger partial charge on any atom is -0.391 e. The molecule has 3 saturated heterocycles. The Kier molecular flexibility index (Phi) is 34.6. The molecule has 6 heterocycles. The van der Waals surface area contributed by atoms with Crippen molar-refractivity contribution in [1.82, 2.24) is 20.3 Å². The minimum absolute atomic E-state index is 0. The van der Waals surface area contributed by atoms with Gasteiger partial charge in [-0.25, -0.2) is 24.4 Å². The van der Waals surface area contributed by atoms with Crippen molar-refractivity contribution in [3.05, 3.63) is 111 Å². The summed E-state index contributed by atoms with van der Waals surface area (Å²) in [5.74, 6) is -0.424. The number of rotatable bonds is 8. The van der Waals surface area contributed by atoms with Crippen molar-refractivity contribution in [2.45, 2.75) is 312 Å². The average Bonchev–Trinajstić information content (AvgIpc) is 1.76. The van der Waals surface area contributed by atoms with Gasteiger partial charge in [0.2, 0.25) is 11.6 Å². The molecule has 8 atom stereocenters. The monoisotopic (exact) mass is 1540 g/mol. The Labute approximate surface area is 640 Å². The number of carbonyl (C=O) groups excluding carboxylic acids is 3. The van der Waals surface area contributed by atoms with Crippen LogP contribution in [0.3, 0.4) is 0 Å². The molecule has 3 aromatic carbocycles. The third-order valence-electron chi connectivity index (χ3n) is 20.9. The molecule has 0 bridgehead atoms. The van der Waals surface area contributed by atoms with Crippen LogP contribution in [0.25, 0.3) is 32.7 Å². The maximum absolute atomic E-state index is 11.1. The molecule has 9 aliphatic rings. The lowest BCUT2D eigenvalue weighted by atomic mass is 9.86. The van der Waals surface area contributed by atoms with Crippen molar-refractivity contribution in [3.63, 3.8) is 0 Å². The Balaban J connectivity index is 0.000000182. The zero-order valence-corrected chi connectivity index (χ0v) is 65.3. The fourth-order valence-electron chi connectivity index (χ4n) is 13.3. The number of fused-ring (bicyclic) bond motifs is 3. The van der Waals surface area contributed by atoms with Crippen LogP contribution in [0.15, 0.2) is 91.4 Å². The first-order valence-corrected chi connectivity index (χ1v) is 39.3. The highest BCUT2D eigenvalue weighted by atomic mass is 35.5. The quantitative estimate of drug-likeness (QED) is 0.0399. The van der Waals surface area contributed by atoms with Gasteiger partial charge in [-0.15, -0.1) is 0 Å². The van der Waals surface area contributed by atoms with Gasteiger partial charge in [0.1, 0.15) is 35.7 Å². The minimum atomic E-state index is -0.653. The van der Waals surface area contributed by atoms with E-state index in [2.05, 4.69) is 68.7 Å². The molecule has 9 fully saturated rings. The standard InChI is InChI=1S/C25H34ClN3O3.C15H18ClN3.C10H16O4.C9H5Cl2N.C6H14N2.C6H8O2.C4H10O3.C4H8O.H2/c1-16-17(2)31-32-25(30-16)12-9-21(10-13-25)28-19-4-6-20(7-5-19)29-23-11-14-27-24-15-18(26)3-8-22(23)24;16-10-1-6-13-14(7-8-18-15(13)9-10)19-12-4-2-11(17)3-5-12;1-7-8(2)13-14-10(12-7)5-3-9(11)4-6-10;10-6-1-2-7-8(11)3-4-12-9(7)5-6;2*7-5-1-2-6(8)4-3-5;1-3(5)4(2)7-6;1-3-4(2)5-3;/h3,8,11,14-17,19-21,28H,4-7,9-10,12-13H2,1-2H3,(H,27,29);1,6-9,11-12H,2-5,17H2,(H,18,19);7-8H,3-6H2,1-2H3;1-5H;5-6H,1-4,7-8H2;1-4H2;3-6H,1-2H3;3-4H,1-2H3;1H/t;;;;;;;3-,4+;/i;;;;;;;;1+1. The average molecular weight is 1540 g/mol. The molecule has 6 unspecified atom stereocenters. The summed E-state index contributed by atoms with van der Waals surface area (Å²) >= 11 is 23.8. The molecule has 22 nitrogen and oxygen atoms in total. The lowest BCUT2D eigenvalue weighted by Crippen LogP contribution is -2.53. The number of hydrogen-bond donors (Lipinski definition) is 8. The van der Waals surface area contributed by atoms with E-state index in [-0.39, 0.29) is 43.2 Å². The summed E-state index contributed by atoms with van der Waals surface area (Å²) in [7, 11) is 0. The number of hydrogen-bond acceptors (Lipinski definition) is 22.